The summed E-state index contributed by atoms with van der Waals surface area (Å²) < 4.78 is 21.8. The fraction of sp³-hybridized carbons (Fsp3) is 0.500. The predicted molar refractivity (Wildman–Crippen MR) is 118 cm³/mol. The van der Waals surface area contributed by atoms with Crippen LogP contribution in [0.5, 0.6) is 0 Å². The molecule has 1 saturated heterocycles. The molecule has 1 unspecified atom stereocenters. The number of ether oxygens (including phenoxy) is 4. The molecule has 0 radical (unpaired) electrons. The van der Waals surface area contributed by atoms with Gasteiger partial charge in [-0.1, -0.05) is 64.0 Å². The Morgan fingerprint density at radius 2 is 1.82 bits per heavy atom. The van der Waals surface area contributed by atoms with Crippen molar-refractivity contribution in [1.82, 2.24) is 0 Å². The lowest BCUT2D eigenvalue weighted by Gasteiger charge is -2.22. The molecule has 0 aromatic heterocycles. The highest BCUT2D eigenvalue weighted by molar-refractivity contribution is 5.47. The predicted octanol–water partition coefficient (Wildman–Crippen LogP) is 5.55. The first-order chi connectivity index (χ1) is 13.2. The maximum Gasteiger partial charge on any atom is 0.117 e. The van der Waals surface area contributed by atoms with Crippen LogP contribution in [-0.2, 0) is 18.9 Å². The van der Waals surface area contributed by atoms with E-state index in [1.54, 1.807) is 19.3 Å². The second-order valence-corrected chi connectivity index (χ2v) is 7.09. The largest absolute Gasteiger partial charge is 0.491 e. The minimum atomic E-state index is -0.354. The maximum atomic E-state index is 5.60. The van der Waals surface area contributed by atoms with Crippen molar-refractivity contribution in [3.8, 4) is 0 Å². The molecule has 1 aliphatic rings. The minimum Gasteiger partial charge on any atom is -0.491 e. The third-order valence-electron chi connectivity index (χ3n) is 3.85. The molecule has 1 aliphatic heterocycles. The Bertz CT molecular complexity index is 590. The number of epoxide rings is 1. The molecule has 1 fully saturated rings. The Kier molecular flexibility index (Phi) is 12.4. The van der Waals surface area contributed by atoms with Crippen molar-refractivity contribution >= 4 is 0 Å². The molecule has 0 N–H and O–H groups in total. The van der Waals surface area contributed by atoms with Crippen LogP contribution >= 0.6 is 0 Å². The summed E-state index contributed by atoms with van der Waals surface area (Å²) in [6, 6.07) is 0. The molecule has 0 aromatic rings. The Morgan fingerprint density at radius 1 is 1.18 bits per heavy atom. The van der Waals surface area contributed by atoms with Crippen molar-refractivity contribution in [3.05, 3.63) is 73.1 Å². The third kappa shape index (κ3) is 11.8. The zero-order chi connectivity index (χ0) is 21.6. The lowest BCUT2D eigenvalue weighted by molar-refractivity contribution is -0.0310. The van der Waals surface area contributed by atoms with E-state index >= 15 is 0 Å². The van der Waals surface area contributed by atoms with Crippen LogP contribution in [0, 0.1) is 0 Å². The Hall–Kier alpha value is -1.88. The van der Waals surface area contributed by atoms with E-state index in [9.17, 15) is 0 Å². The molecule has 0 spiro atoms. The molecule has 1 heterocycles. The van der Waals surface area contributed by atoms with Crippen molar-refractivity contribution in [1.29, 1.82) is 0 Å². The smallest absolute Gasteiger partial charge is 0.117 e. The second-order valence-electron chi connectivity index (χ2n) is 7.09. The van der Waals surface area contributed by atoms with E-state index in [0.717, 1.165) is 17.8 Å². The fourth-order valence-electron chi connectivity index (χ4n) is 1.78. The van der Waals surface area contributed by atoms with Gasteiger partial charge in [-0.15, -0.1) is 0 Å². The lowest BCUT2D eigenvalue weighted by atomic mass is 10.1. The van der Waals surface area contributed by atoms with Crippen LogP contribution in [0.2, 0.25) is 0 Å². The van der Waals surface area contributed by atoms with E-state index < -0.39 is 0 Å². The first kappa shape index (κ1) is 26.1. The molecule has 0 bridgehead atoms. The molecule has 4 nitrogen and oxygen atoms in total. The summed E-state index contributed by atoms with van der Waals surface area (Å²) in [5.41, 5.74) is 1.33. The standard InChI is InChI=1S/C22H32O4.C2H6/c1-8-10-20(11-9-14-24-16-22(6)17-26-22)18(2)12-13-19(3)25-15-21(4,5)23-7;1-2/h8-13H,1-3,14-17H2,4-7H3;1-2H3/b11-9-,13-12-,20-10+;. The highest BCUT2D eigenvalue weighted by Gasteiger charge is 2.39. The lowest BCUT2D eigenvalue weighted by Crippen LogP contribution is -2.28. The summed E-state index contributed by atoms with van der Waals surface area (Å²) in [5, 5.41) is 0. The van der Waals surface area contributed by atoms with Gasteiger partial charge in [0.05, 0.1) is 25.4 Å². The number of hydrogen-bond acceptors (Lipinski definition) is 4. The number of hydrogen-bond donors (Lipinski definition) is 0. The second kappa shape index (κ2) is 13.3. The quantitative estimate of drug-likeness (QED) is 0.179. The number of allylic oxidation sites excluding steroid dienone is 7. The zero-order valence-corrected chi connectivity index (χ0v) is 18.5. The monoisotopic (exact) mass is 390 g/mol. The Labute approximate surface area is 171 Å². The zero-order valence-electron chi connectivity index (χ0n) is 18.5. The van der Waals surface area contributed by atoms with Gasteiger partial charge in [-0.3, -0.25) is 0 Å². The summed E-state index contributed by atoms with van der Waals surface area (Å²) in [6.07, 6.45) is 11.2. The fourth-order valence-corrected chi connectivity index (χ4v) is 1.78. The molecule has 1 atom stereocenters. The van der Waals surface area contributed by atoms with Crippen molar-refractivity contribution in [2.24, 2.45) is 0 Å². The molecule has 0 saturated carbocycles. The van der Waals surface area contributed by atoms with Crippen LogP contribution in [-0.4, -0.2) is 44.7 Å². The molecule has 4 heteroatoms. The van der Waals surface area contributed by atoms with Gasteiger partial charge < -0.3 is 18.9 Å². The van der Waals surface area contributed by atoms with Gasteiger partial charge in [-0.25, -0.2) is 0 Å². The van der Waals surface area contributed by atoms with Crippen LogP contribution in [0.3, 0.4) is 0 Å². The Balaban J connectivity index is 0.00000352. The van der Waals surface area contributed by atoms with Gasteiger partial charge in [-0.2, -0.15) is 0 Å². The van der Waals surface area contributed by atoms with Crippen molar-refractivity contribution in [2.75, 3.05) is 33.5 Å². The molecule has 0 amide bonds. The van der Waals surface area contributed by atoms with Gasteiger partial charge in [0.1, 0.15) is 18.0 Å². The van der Waals surface area contributed by atoms with Crippen LogP contribution in [0.1, 0.15) is 34.6 Å². The molecule has 28 heavy (non-hydrogen) atoms. The molecule has 0 aliphatic carbocycles. The van der Waals surface area contributed by atoms with E-state index in [-0.39, 0.29) is 11.2 Å². The first-order valence-electron chi connectivity index (χ1n) is 9.66. The van der Waals surface area contributed by atoms with Gasteiger partial charge >= 0.3 is 0 Å². The van der Waals surface area contributed by atoms with Crippen LogP contribution in [0.15, 0.2) is 73.1 Å². The van der Waals surface area contributed by atoms with E-state index in [2.05, 4.69) is 19.7 Å². The number of methoxy groups -OCH3 is 1. The average molecular weight is 391 g/mol. The molecule has 1 rings (SSSR count). The normalized spacial score (nSPS) is 19.3. The van der Waals surface area contributed by atoms with Crippen molar-refractivity contribution < 1.29 is 18.9 Å². The maximum absolute atomic E-state index is 5.60. The third-order valence-corrected chi connectivity index (χ3v) is 3.85. The van der Waals surface area contributed by atoms with Crippen LogP contribution in [0.25, 0.3) is 0 Å². The molecular weight excluding hydrogens is 352 g/mol. The highest BCUT2D eigenvalue weighted by Crippen LogP contribution is 2.25. The topological polar surface area (TPSA) is 40.2 Å². The molecule has 158 valence electrons. The summed E-state index contributed by atoms with van der Waals surface area (Å²) >= 11 is 0. The summed E-state index contributed by atoms with van der Waals surface area (Å²) in [5.74, 6) is 0.555. The van der Waals surface area contributed by atoms with Gasteiger partial charge in [-0.05, 0) is 38.0 Å². The van der Waals surface area contributed by atoms with Gasteiger partial charge in [0.2, 0.25) is 0 Å². The summed E-state index contributed by atoms with van der Waals surface area (Å²) in [4.78, 5) is 0. The van der Waals surface area contributed by atoms with Crippen molar-refractivity contribution in [2.45, 2.75) is 45.8 Å². The van der Waals surface area contributed by atoms with Crippen molar-refractivity contribution in [3.63, 3.8) is 0 Å². The van der Waals surface area contributed by atoms with E-state index in [1.165, 1.54) is 0 Å². The van der Waals surface area contributed by atoms with Gasteiger partial charge in [0.15, 0.2) is 0 Å². The van der Waals surface area contributed by atoms with Crippen LogP contribution in [0.4, 0.5) is 0 Å². The molecule has 0 aromatic carbocycles. The van der Waals surface area contributed by atoms with E-state index in [0.29, 0.717) is 25.6 Å². The summed E-state index contributed by atoms with van der Waals surface area (Å²) in [7, 11) is 1.66. The van der Waals surface area contributed by atoms with E-state index in [4.69, 9.17) is 18.9 Å². The highest BCUT2D eigenvalue weighted by atomic mass is 16.6. The number of rotatable bonds is 13. The Morgan fingerprint density at radius 3 is 2.36 bits per heavy atom. The average Bonchev–Trinajstić information content (AvgIpc) is 3.42. The minimum absolute atomic E-state index is 0.0856. The first-order valence-corrected chi connectivity index (χ1v) is 9.66. The molecular formula is C24H38O4. The van der Waals surface area contributed by atoms with Gasteiger partial charge in [0.25, 0.3) is 0 Å². The van der Waals surface area contributed by atoms with Gasteiger partial charge in [0, 0.05) is 7.11 Å². The SMILES string of the molecule is C=C/C=C(\C=C/COCC1(C)CO1)C(=C)/C=C\C(=C)OCC(C)(C)OC.CC. The van der Waals surface area contributed by atoms with E-state index in [1.807, 2.05) is 58.9 Å². The summed E-state index contributed by atoms with van der Waals surface area (Å²) in [6.45, 7) is 24.0. The van der Waals surface area contributed by atoms with Crippen LogP contribution < -0.4 is 0 Å².